The largest absolute Gasteiger partial charge is 0.350 e. The minimum absolute atomic E-state index is 0.181. The molecule has 2 aliphatic rings. The lowest BCUT2D eigenvalue weighted by Gasteiger charge is -2.19. The van der Waals surface area contributed by atoms with Crippen LogP contribution in [-0.4, -0.2) is 33.4 Å². The van der Waals surface area contributed by atoms with Crippen molar-refractivity contribution in [3.63, 3.8) is 0 Å². The van der Waals surface area contributed by atoms with Crippen molar-refractivity contribution in [3.8, 4) is 0 Å². The highest BCUT2D eigenvalue weighted by Crippen LogP contribution is 2.32. The molecule has 6 heteroatoms. The molecule has 2 aromatic heterocycles. The predicted molar refractivity (Wildman–Crippen MR) is 94.7 cm³/mol. The van der Waals surface area contributed by atoms with E-state index in [9.17, 15) is 4.79 Å². The van der Waals surface area contributed by atoms with Crippen LogP contribution in [0, 0.1) is 5.92 Å². The van der Waals surface area contributed by atoms with Gasteiger partial charge in [0.2, 0.25) is 5.91 Å². The van der Waals surface area contributed by atoms with Crippen molar-refractivity contribution in [1.29, 1.82) is 0 Å². The molecule has 5 nitrogen and oxygen atoms in total. The number of hydrogen-bond acceptors (Lipinski definition) is 4. The van der Waals surface area contributed by atoms with Crippen LogP contribution in [0.4, 0.5) is 0 Å². The van der Waals surface area contributed by atoms with E-state index in [0.717, 1.165) is 44.1 Å². The smallest absolute Gasteiger partial charge is 0.220 e. The molecule has 4 rings (SSSR count). The first-order valence-corrected chi connectivity index (χ1v) is 9.75. The topological polar surface area (TPSA) is 50.2 Å². The van der Waals surface area contributed by atoms with E-state index in [1.54, 1.807) is 11.3 Å². The van der Waals surface area contributed by atoms with E-state index in [-0.39, 0.29) is 5.91 Å². The molecule has 1 aliphatic carbocycles. The highest BCUT2D eigenvalue weighted by Gasteiger charge is 2.24. The molecule has 24 heavy (non-hydrogen) atoms. The zero-order chi connectivity index (χ0) is 16.4. The quantitative estimate of drug-likeness (QED) is 0.875. The van der Waals surface area contributed by atoms with Gasteiger partial charge in [0.1, 0.15) is 5.82 Å². The molecule has 1 aliphatic heterocycles. The number of hydrogen-bond donors (Lipinski definition) is 1. The highest BCUT2D eigenvalue weighted by atomic mass is 32.1. The van der Waals surface area contributed by atoms with Gasteiger partial charge in [0, 0.05) is 39.0 Å². The molecule has 0 saturated heterocycles. The van der Waals surface area contributed by atoms with E-state index in [0.29, 0.717) is 18.9 Å². The van der Waals surface area contributed by atoms with Crippen molar-refractivity contribution < 1.29 is 4.79 Å². The summed E-state index contributed by atoms with van der Waals surface area (Å²) in [5.41, 5.74) is 2.53. The molecule has 3 heterocycles. The van der Waals surface area contributed by atoms with Gasteiger partial charge in [0.25, 0.3) is 0 Å². The average Bonchev–Trinajstić information content (AvgIpc) is 3.15. The van der Waals surface area contributed by atoms with Crippen molar-refractivity contribution in [2.45, 2.75) is 45.3 Å². The van der Waals surface area contributed by atoms with Gasteiger partial charge in [-0.3, -0.25) is 9.69 Å². The molecular weight excluding hydrogens is 320 g/mol. The Bertz CT molecular complexity index is 690. The normalized spacial score (nSPS) is 18.2. The Morgan fingerprint density at radius 2 is 2.25 bits per heavy atom. The van der Waals surface area contributed by atoms with Crippen LogP contribution >= 0.6 is 11.3 Å². The minimum Gasteiger partial charge on any atom is -0.350 e. The van der Waals surface area contributed by atoms with Gasteiger partial charge in [-0.25, -0.2) is 4.98 Å². The van der Waals surface area contributed by atoms with E-state index in [1.807, 2.05) is 6.20 Å². The SMILES string of the molecule is O=C(CC1CC1)NCc1cnc2n1CCN(Cc1ccsc1)CC2. The number of carbonyl (C=O) groups is 1. The van der Waals surface area contributed by atoms with Gasteiger partial charge in [0.05, 0.1) is 18.4 Å². The van der Waals surface area contributed by atoms with Crippen LogP contribution in [0.1, 0.15) is 36.3 Å². The van der Waals surface area contributed by atoms with Gasteiger partial charge >= 0.3 is 0 Å². The first kappa shape index (κ1) is 15.8. The van der Waals surface area contributed by atoms with Gasteiger partial charge in [-0.05, 0) is 41.1 Å². The minimum atomic E-state index is 0.181. The first-order chi connectivity index (χ1) is 11.8. The van der Waals surface area contributed by atoms with Crippen LogP contribution in [0.3, 0.4) is 0 Å². The summed E-state index contributed by atoms with van der Waals surface area (Å²) >= 11 is 1.76. The van der Waals surface area contributed by atoms with E-state index >= 15 is 0 Å². The summed E-state index contributed by atoms with van der Waals surface area (Å²) in [5, 5.41) is 7.43. The Morgan fingerprint density at radius 1 is 1.33 bits per heavy atom. The van der Waals surface area contributed by atoms with E-state index in [4.69, 9.17) is 0 Å². The molecular formula is C18H24N4OS. The summed E-state index contributed by atoms with van der Waals surface area (Å²) in [5.74, 6) is 1.97. The number of aromatic nitrogens is 2. The molecule has 1 saturated carbocycles. The van der Waals surface area contributed by atoms with Gasteiger partial charge in [0.15, 0.2) is 0 Å². The molecule has 1 N–H and O–H groups in total. The van der Waals surface area contributed by atoms with Crippen LogP contribution < -0.4 is 5.32 Å². The van der Waals surface area contributed by atoms with Crippen LogP contribution in [0.25, 0.3) is 0 Å². The number of nitrogens with zero attached hydrogens (tertiary/aromatic N) is 3. The van der Waals surface area contributed by atoms with Crippen molar-refractivity contribution in [2.24, 2.45) is 5.92 Å². The number of thiophene rings is 1. The number of imidazole rings is 1. The second kappa shape index (κ2) is 7.07. The maximum Gasteiger partial charge on any atom is 0.220 e. The third-order valence-corrected chi connectivity index (χ3v) is 5.67. The Labute approximate surface area is 146 Å². The third kappa shape index (κ3) is 3.87. The van der Waals surface area contributed by atoms with E-state index < -0.39 is 0 Å². The van der Waals surface area contributed by atoms with Crippen molar-refractivity contribution >= 4 is 17.2 Å². The molecule has 0 unspecified atom stereocenters. The molecule has 128 valence electrons. The molecule has 1 fully saturated rings. The third-order valence-electron chi connectivity index (χ3n) is 4.94. The predicted octanol–water partition coefficient (Wildman–Crippen LogP) is 2.42. The maximum absolute atomic E-state index is 11.9. The fourth-order valence-electron chi connectivity index (χ4n) is 3.32. The van der Waals surface area contributed by atoms with Crippen molar-refractivity contribution in [2.75, 3.05) is 13.1 Å². The second-order valence-corrected chi connectivity index (χ2v) is 7.68. The standard InChI is InChI=1S/C18H24N4OS/c23-18(9-14-1-2-14)20-11-16-10-19-17-3-5-21(6-7-22(16)17)12-15-4-8-24-13-15/h4,8,10,13-14H,1-3,5-7,9,11-12H2,(H,20,23). The van der Waals surface area contributed by atoms with Gasteiger partial charge in [-0.1, -0.05) is 0 Å². The summed E-state index contributed by atoms with van der Waals surface area (Å²) in [7, 11) is 0. The Balaban J connectivity index is 1.33. The fraction of sp³-hybridized carbons (Fsp3) is 0.556. The second-order valence-electron chi connectivity index (χ2n) is 6.90. The number of carbonyl (C=O) groups excluding carboxylic acids is 1. The zero-order valence-corrected chi connectivity index (χ0v) is 14.7. The number of amides is 1. The van der Waals surface area contributed by atoms with Gasteiger partial charge in [-0.2, -0.15) is 11.3 Å². The Morgan fingerprint density at radius 3 is 3.04 bits per heavy atom. The summed E-state index contributed by atoms with van der Waals surface area (Å²) in [6, 6.07) is 2.20. The van der Waals surface area contributed by atoms with Crippen molar-refractivity contribution in [1.82, 2.24) is 19.8 Å². The van der Waals surface area contributed by atoms with Crippen LogP contribution in [0.5, 0.6) is 0 Å². The Hall–Kier alpha value is -1.66. The Kier molecular flexibility index (Phi) is 4.67. The lowest BCUT2D eigenvalue weighted by atomic mass is 10.3. The number of fused-ring (bicyclic) bond motifs is 1. The summed E-state index contributed by atoms with van der Waals surface area (Å²) in [4.78, 5) is 19.0. The first-order valence-electron chi connectivity index (χ1n) is 8.81. The lowest BCUT2D eigenvalue weighted by Crippen LogP contribution is -2.27. The molecule has 0 atom stereocenters. The van der Waals surface area contributed by atoms with E-state index in [2.05, 4.69) is 36.6 Å². The van der Waals surface area contributed by atoms with Gasteiger partial charge in [-0.15, -0.1) is 0 Å². The molecule has 1 amide bonds. The summed E-state index contributed by atoms with van der Waals surface area (Å²) in [6.45, 7) is 4.64. The number of rotatable bonds is 6. The lowest BCUT2D eigenvalue weighted by molar-refractivity contribution is -0.121. The summed E-state index contributed by atoms with van der Waals surface area (Å²) in [6.07, 6.45) is 6.03. The summed E-state index contributed by atoms with van der Waals surface area (Å²) < 4.78 is 2.30. The average molecular weight is 344 g/mol. The monoisotopic (exact) mass is 344 g/mol. The molecule has 2 aromatic rings. The molecule has 0 spiro atoms. The van der Waals surface area contributed by atoms with Crippen LogP contribution in [0.15, 0.2) is 23.0 Å². The fourth-order valence-corrected chi connectivity index (χ4v) is 3.98. The van der Waals surface area contributed by atoms with Gasteiger partial charge < -0.3 is 9.88 Å². The highest BCUT2D eigenvalue weighted by molar-refractivity contribution is 7.07. The molecule has 0 aromatic carbocycles. The van der Waals surface area contributed by atoms with Crippen LogP contribution in [0.2, 0.25) is 0 Å². The zero-order valence-electron chi connectivity index (χ0n) is 13.9. The van der Waals surface area contributed by atoms with Crippen LogP contribution in [-0.2, 0) is 30.8 Å². The molecule has 0 bridgehead atoms. The molecule has 0 radical (unpaired) electrons. The van der Waals surface area contributed by atoms with E-state index in [1.165, 1.54) is 18.4 Å². The van der Waals surface area contributed by atoms with Crippen molar-refractivity contribution in [3.05, 3.63) is 40.1 Å². The maximum atomic E-state index is 11.9. The number of nitrogens with one attached hydrogen (secondary N) is 1.